The van der Waals surface area contributed by atoms with Crippen LogP contribution in [0.5, 0.6) is 0 Å². The monoisotopic (exact) mass is 227 g/mol. The number of aromatic nitrogens is 2. The van der Waals surface area contributed by atoms with Crippen LogP contribution in [0.2, 0.25) is 0 Å². The first-order valence-corrected chi connectivity index (χ1v) is 5.40. The molecule has 1 aromatic rings. The van der Waals surface area contributed by atoms with E-state index in [2.05, 4.69) is 9.97 Å². The highest BCUT2D eigenvalue weighted by Gasteiger charge is 2.19. The third-order valence-electron chi connectivity index (χ3n) is 1.72. The number of nitrogens with two attached hydrogens (primary N) is 1. The van der Waals surface area contributed by atoms with Gasteiger partial charge in [-0.1, -0.05) is 11.8 Å². The number of aliphatic carboxylic acids is 1. The lowest BCUT2D eigenvalue weighted by molar-refractivity contribution is -0.136. The number of aryl methyl sites for hydroxylation is 1. The molecule has 1 heterocycles. The standard InChI is InChI=1S/C9H13N3O2S/c1-6-3-5-11-9(12-6)15-7(2-4-10)8(13)14/h3,5,7H,2,4,10H2,1H3,(H,13,14). The van der Waals surface area contributed by atoms with Crippen molar-refractivity contribution in [3.8, 4) is 0 Å². The van der Waals surface area contributed by atoms with Gasteiger partial charge in [-0.05, 0) is 26.0 Å². The summed E-state index contributed by atoms with van der Waals surface area (Å²) in [4.78, 5) is 19.0. The lowest BCUT2D eigenvalue weighted by Gasteiger charge is -2.09. The molecular formula is C9H13N3O2S. The fourth-order valence-electron chi connectivity index (χ4n) is 0.994. The molecule has 0 fully saturated rings. The molecule has 0 aliphatic rings. The normalized spacial score (nSPS) is 12.4. The van der Waals surface area contributed by atoms with E-state index in [0.717, 1.165) is 17.5 Å². The number of rotatable bonds is 5. The third kappa shape index (κ3) is 3.85. The Kier molecular flexibility index (Phi) is 4.51. The Morgan fingerprint density at radius 3 is 3.00 bits per heavy atom. The molecule has 0 saturated carbocycles. The van der Waals surface area contributed by atoms with Crippen LogP contribution in [-0.4, -0.2) is 32.8 Å². The highest BCUT2D eigenvalue weighted by Crippen LogP contribution is 2.21. The number of hydrogen-bond acceptors (Lipinski definition) is 5. The molecular weight excluding hydrogens is 214 g/mol. The molecule has 6 heteroatoms. The number of hydrogen-bond donors (Lipinski definition) is 2. The maximum Gasteiger partial charge on any atom is 0.317 e. The molecule has 15 heavy (non-hydrogen) atoms. The van der Waals surface area contributed by atoms with Crippen molar-refractivity contribution < 1.29 is 9.90 Å². The van der Waals surface area contributed by atoms with Gasteiger partial charge in [0.15, 0.2) is 5.16 Å². The van der Waals surface area contributed by atoms with E-state index in [9.17, 15) is 4.79 Å². The van der Waals surface area contributed by atoms with Crippen LogP contribution >= 0.6 is 11.8 Å². The average Bonchev–Trinajstić information content (AvgIpc) is 2.17. The lowest BCUT2D eigenvalue weighted by Crippen LogP contribution is -2.20. The average molecular weight is 227 g/mol. The number of nitrogens with zero attached hydrogens (tertiary/aromatic N) is 2. The van der Waals surface area contributed by atoms with Crippen LogP contribution in [0.1, 0.15) is 12.1 Å². The zero-order valence-electron chi connectivity index (χ0n) is 8.38. The second kappa shape index (κ2) is 5.67. The van der Waals surface area contributed by atoms with Crippen molar-refractivity contribution in [1.29, 1.82) is 0 Å². The molecule has 3 N–H and O–H groups in total. The Bertz CT molecular complexity index is 346. The van der Waals surface area contributed by atoms with Crippen molar-refractivity contribution in [2.45, 2.75) is 23.8 Å². The first-order valence-electron chi connectivity index (χ1n) is 4.52. The molecule has 0 saturated heterocycles. The van der Waals surface area contributed by atoms with E-state index in [1.807, 2.05) is 6.92 Å². The van der Waals surface area contributed by atoms with Gasteiger partial charge in [0.25, 0.3) is 0 Å². The second-order valence-electron chi connectivity index (χ2n) is 3.00. The zero-order valence-corrected chi connectivity index (χ0v) is 9.20. The van der Waals surface area contributed by atoms with Crippen molar-refractivity contribution >= 4 is 17.7 Å². The smallest absolute Gasteiger partial charge is 0.317 e. The van der Waals surface area contributed by atoms with Gasteiger partial charge in [-0.3, -0.25) is 4.79 Å². The third-order valence-corrected chi connectivity index (χ3v) is 2.85. The molecule has 1 aromatic heterocycles. The number of carboxylic acid groups (broad SMARTS) is 1. The fourth-order valence-corrected chi connectivity index (χ4v) is 1.92. The predicted molar refractivity (Wildman–Crippen MR) is 57.7 cm³/mol. The van der Waals surface area contributed by atoms with Crippen LogP contribution in [0.15, 0.2) is 17.4 Å². The number of carboxylic acids is 1. The summed E-state index contributed by atoms with van der Waals surface area (Å²) in [5.74, 6) is -0.879. The molecule has 0 aliphatic heterocycles. The van der Waals surface area contributed by atoms with Crippen molar-refractivity contribution in [2.24, 2.45) is 5.73 Å². The highest BCUT2D eigenvalue weighted by molar-refractivity contribution is 8.00. The van der Waals surface area contributed by atoms with Crippen molar-refractivity contribution in [3.05, 3.63) is 18.0 Å². The molecule has 0 bridgehead atoms. The van der Waals surface area contributed by atoms with Gasteiger partial charge < -0.3 is 10.8 Å². The first kappa shape index (κ1) is 11.9. The van der Waals surface area contributed by atoms with Crippen LogP contribution in [0.25, 0.3) is 0 Å². The molecule has 1 unspecified atom stereocenters. The maximum absolute atomic E-state index is 10.8. The van der Waals surface area contributed by atoms with Gasteiger partial charge in [0, 0.05) is 11.9 Å². The van der Waals surface area contributed by atoms with E-state index in [-0.39, 0.29) is 0 Å². The first-order chi connectivity index (χ1) is 7.13. The van der Waals surface area contributed by atoms with Crippen molar-refractivity contribution in [1.82, 2.24) is 9.97 Å². The predicted octanol–water partition coefficient (Wildman–Crippen LogP) is 0.679. The molecule has 0 aliphatic carbocycles. The molecule has 1 atom stereocenters. The summed E-state index contributed by atoms with van der Waals surface area (Å²) in [7, 11) is 0. The van der Waals surface area contributed by atoms with Gasteiger partial charge in [0.05, 0.1) is 0 Å². The maximum atomic E-state index is 10.8. The second-order valence-corrected chi connectivity index (χ2v) is 4.17. The van der Waals surface area contributed by atoms with Crippen LogP contribution in [0.3, 0.4) is 0 Å². The topological polar surface area (TPSA) is 89.1 Å². The summed E-state index contributed by atoms with van der Waals surface area (Å²) in [5.41, 5.74) is 6.16. The summed E-state index contributed by atoms with van der Waals surface area (Å²) >= 11 is 1.13. The Balaban J connectivity index is 2.69. The van der Waals surface area contributed by atoms with Gasteiger partial charge in [-0.25, -0.2) is 9.97 Å². The van der Waals surface area contributed by atoms with E-state index < -0.39 is 11.2 Å². The summed E-state index contributed by atoms with van der Waals surface area (Å²) in [6.45, 7) is 2.18. The largest absolute Gasteiger partial charge is 0.480 e. The van der Waals surface area contributed by atoms with Gasteiger partial charge >= 0.3 is 5.97 Å². The van der Waals surface area contributed by atoms with E-state index in [1.54, 1.807) is 12.3 Å². The van der Waals surface area contributed by atoms with E-state index in [0.29, 0.717) is 18.1 Å². The molecule has 1 rings (SSSR count). The minimum Gasteiger partial charge on any atom is -0.480 e. The Labute approximate surface area is 92.1 Å². The van der Waals surface area contributed by atoms with Crippen LogP contribution < -0.4 is 5.73 Å². The Morgan fingerprint density at radius 1 is 1.73 bits per heavy atom. The van der Waals surface area contributed by atoms with E-state index >= 15 is 0 Å². The highest BCUT2D eigenvalue weighted by atomic mass is 32.2. The van der Waals surface area contributed by atoms with Crippen LogP contribution in [0, 0.1) is 6.92 Å². The summed E-state index contributed by atoms with van der Waals surface area (Å²) < 4.78 is 0. The minimum absolute atomic E-state index is 0.343. The molecule has 0 amide bonds. The minimum atomic E-state index is -0.879. The zero-order chi connectivity index (χ0) is 11.3. The Morgan fingerprint density at radius 2 is 2.47 bits per heavy atom. The fraction of sp³-hybridized carbons (Fsp3) is 0.444. The van der Waals surface area contributed by atoms with E-state index in [4.69, 9.17) is 10.8 Å². The summed E-state index contributed by atoms with van der Waals surface area (Å²) in [6.07, 6.45) is 2.03. The quantitative estimate of drug-likeness (QED) is 0.568. The van der Waals surface area contributed by atoms with Gasteiger partial charge in [0.2, 0.25) is 0 Å². The van der Waals surface area contributed by atoms with Crippen LogP contribution in [0.4, 0.5) is 0 Å². The number of carbonyl (C=O) groups is 1. The molecule has 5 nitrogen and oxygen atoms in total. The molecule has 82 valence electrons. The van der Waals surface area contributed by atoms with Gasteiger partial charge in [0.1, 0.15) is 5.25 Å². The van der Waals surface area contributed by atoms with Crippen LogP contribution in [-0.2, 0) is 4.79 Å². The molecule has 0 aromatic carbocycles. The Hall–Kier alpha value is -1.14. The van der Waals surface area contributed by atoms with Gasteiger partial charge in [-0.15, -0.1) is 0 Å². The van der Waals surface area contributed by atoms with Crippen molar-refractivity contribution in [3.63, 3.8) is 0 Å². The molecule has 0 radical (unpaired) electrons. The summed E-state index contributed by atoms with van der Waals surface area (Å²) in [6, 6.07) is 1.77. The lowest BCUT2D eigenvalue weighted by atomic mass is 10.3. The number of thioether (sulfide) groups is 1. The summed E-state index contributed by atoms with van der Waals surface area (Å²) in [5, 5.41) is 8.81. The molecule has 0 spiro atoms. The van der Waals surface area contributed by atoms with Crippen molar-refractivity contribution in [2.75, 3.05) is 6.54 Å². The van der Waals surface area contributed by atoms with Gasteiger partial charge in [-0.2, -0.15) is 0 Å². The SMILES string of the molecule is Cc1ccnc(SC(CCN)C(=O)O)n1. The van der Waals surface area contributed by atoms with E-state index in [1.165, 1.54) is 0 Å².